The van der Waals surface area contributed by atoms with Crippen LogP contribution in [-0.2, 0) is 20.7 Å². The summed E-state index contributed by atoms with van der Waals surface area (Å²) in [6.45, 7) is 7.04. The summed E-state index contributed by atoms with van der Waals surface area (Å²) < 4.78 is 10.1. The first-order valence-corrected chi connectivity index (χ1v) is 8.86. The minimum atomic E-state index is -1.20. The van der Waals surface area contributed by atoms with E-state index in [1.165, 1.54) is 0 Å². The maximum absolute atomic E-state index is 12.9. The van der Waals surface area contributed by atoms with Crippen molar-refractivity contribution in [2.75, 3.05) is 6.54 Å². The minimum Gasteiger partial charge on any atom is -0.481 e. The van der Waals surface area contributed by atoms with Gasteiger partial charge in [0, 0.05) is 25.9 Å². The van der Waals surface area contributed by atoms with Crippen molar-refractivity contribution >= 4 is 18.0 Å². The van der Waals surface area contributed by atoms with Crippen LogP contribution in [-0.4, -0.2) is 62.3 Å². The summed E-state index contributed by atoms with van der Waals surface area (Å²) >= 11 is 0. The smallest absolute Gasteiger partial charge is 0.408 e. The predicted molar refractivity (Wildman–Crippen MR) is 92.9 cm³/mol. The predicted octanol–water partition coefficient (Wildman–Crippen LogP) is 1.28. The lowest BCUT2D eigenvalue weighted by Crippen LogP contribution is -2.51. The first-order chi connectivity index (χ1) is 12.5. The van der Waals surface area contributed by atoms with Crippen molar-refractivity contribution in [1.29, 1.82) is 0 Å². The molecular weight excluding hydrogens is 356 g/mol. The van der Waals surface area contributed by atoms with E-state index < -0.39 is 36.0 Å². The number of nitrogens with zero attached hydrogens (tertiary/aromatic N) is 3. The Morgan fingerprint density at radius 2 is 2.04 bits per heavy atom. The minimum absolute atomic E-state index is 0.0298. The van der Waals surface area contributed by atoms with E-state index in [0.29, 0.717) is 24.7 Å². The second-order valence-electron chi connectivity index (χ2n) is 7.54. The monoisotopic (exact) mass is 382 g/mol. The van der Waals surface area contributed by atoms with E-state index in [0.717, 1.165) is 12.8 Å². The van der Waals surface area contributed by atoms with Gasteiger partial charge in [-0.2, -0.15) is 4.98 Å². The average Bonchev–Trinajstić information content (AvgIpc) is 3.26. The third-order valence-electron chi connectivity index (χ3n) is 3.78. The van der Waals surface area contributed by atoms with Gasteiger partial charge in [-0.3, -0.25) is 9.59 Å². The van der Waals surface area contributed by atoms with Gasteiger partial charge in [0.25, 0.3) is 0 Å². The van der Waals surface area contributed by atoms with E-state index in [4.69, 9.17) is 14.4 Å². The number of aliphatic carboxylic acids is 1. The molecule has 0 radical (unpaired) electrons. The third-order valence-corrected chi connectivity index (χ3v) is 3.78. The summed E-state index contributed by atoms with van der Waals surface area (Å²) in [6.07, 6.45) is 0.701. The van der Waals surface area contributed by atoms with Gasteiger partial charge in [0.1, 0.15) is 11.6 Å². The number of hydrogen-bond donors (Lipinski definition) is 2. The largest absolute Gasteiger partial charge is 0.481 e. The molecule has 10 heteroatoms. The van der Waals surface area contributed by atoms with Crippen molar-refractivity contribution in [1.82, 2.24) is 20.4 Å². The molecule has 0 unspecified atom stereocenters. The van der Waals surface area contributed by atoms with Crippen LogP contribution in [0.15, 0.2) is 4.52 Å². The Morgan fingerprint density at radius 1 is 1.37 bits per heavy atom. The van der Waals surface area contributed by atoms with Crippen LogP contribution >= 0.6 is 0 Å². The van der Waals surface area contributed by atoms with Crippen LogP contribution in [0.3, 0.4) is 0 Å². The first-order valence-electron chi connectivity index (χ1n) is 8.86. The van der Waals surface area contributed by atoms with Gasteiger partial charge in [-0.15, -0.1) is 0 Å². The highest BCUT2D eigenvalue weighted by atomic mass is 16.6. The molecule has 1 fully saturated rings. The molecule has 2 amide bonds. The SMILES string of the molecule is Cc1nc(CCN(C(=O)[C@H](CC(=O)O)NC(=O)OC(C)(C)C)C2CC2)no1. The summed E-state index contributed by atoms with van der Waals surface area (Å²) in [4.78, 5) is 41.8. The molecule has 27 heavy (non-hydrogen) atoms. The number of hydrogen-bond acceptors (Lipinski definition) is 7. The third kappa shape index (κ3) is 6.87. The molecule has 0 saturated heterocycles. The fourth-order valence-corrected chi connectivity index (χ4v) is 2.55. The number of carbonyl (C=O) groups is 3. The zero-order valence-electron chi connectivity index (χ0n) is 16.0. The summed E-state index contributed by atoms with van der Waals surface area (Å²) in [5, 5.41) is 15.3. The highest BCUT2D eigenvalue weighted by Gasteiger charge is 2.37. The maximum Gasteiger partial charge on any atom is 0.408 e. The van der Waals surface area contributed by atoms with Crippen LogP contribution in [0, 0.1) is 6.92 Å². The number of aryl methyl sites for hydroxylation is 1. The molecule has 2 N–H and O–H groups in total. The molecule has 1 saturated carbocycles. The maximum atomic E-state index is 12.9. The molecule has 1 aliphatic carbocycles. The standard InChI is InChI=1S/C17H26N4O6/c1-10-18-13(20-27-10)7-8-21(11-5-6-11)15(24)12(9-14(22)23)19-16(25)26-17(2,3)4/h11-12H,5-9H2,1-4H3,(H,19,25)(H,22,23)/t12-/m0/s1. The van der Waals surface area contributed by atoms with Crippen LogP contribution in [0.25, 0.3) is 0 Å². The van der Waals surface area contributed by atoms with Crippen molar-refractivity contribution in [3.8, 4) is 0 Å². The average molecular weight is 382 g/mol. The first kappa shape index (κ1) is 20.7. The van der Waals surface area contributed by atoms with Crippen molar-refractivity contribution in [2.24, 2.45) is 0 Å². The zero-order valence-corrected chi connectivity index (χ0v) is 16.0. The fourth-order valence-electron chi connectivity index (χ4n) is 2.55. The highest BCUT2D eigenvalue weighted by Crippen LogP contribution is 2.28. The van der Waals surface area contributed by atoms with E-state index in [-0.39, 0.29) is 6.04 Å². The van der Waals surface area contributed by atoms with Crippen molar-refractivity contribution in [3.05, 3.63) is 11.7 Å². The van der Waals surface area contributed by atoms with Gasteiger partial charge in [0.2, 0.25) is 11.8 Å². The van der Waals surface area contributed by atoms with Gasteiger partial charge in [-0.1, -0.05) is 5.16 Å². The van der Waals surface area contributed by atoms with Gasteiger partial charge in [-0.05, 0) is 33.6 Å². The van der Waals surface area contributed by atoms with E-state index in [9.17, 15) is 14.4 Å². The molecule has 1 heterocycles. The normalized spacial score (nSPS) is 15.1. The Kier molecular flexibility index (Phi) is 6.40. The number of nitrogens with one attached hydrogen (secondary N) is 1. The summed E-state index contributed by atoms with van der Waals surface area (Å²) in [5.41, 5.74) is -0.756. The molecule has 0 spiro atoms. The Hall–Kier alpha value is -2.65. The molecule has 0 aliphatic heterocycles. The molecule has 0 bridgehead atoms. The Bertz CT molecular complexity index is 692. The molecule has 150 valence electrons. The van der Waals surface area contributed by atoms with E-state index in [2.05, 4.69) is 15.5 Å². The number of carboxylic acid groups (broad SMARTS) is 1. The second-order valence-corrected chi connectivity index (χ2v) is 7.54. The van der Waals surface area contributed by atoms with Gasteiger partial charge in [-0.25, -0.2) is 4.79 Å². The van der Waals surface area contributed by atoms with Gasteiger partial charge in [0.15, 0.2) is 5.82 Å². The topological polar surface area (TPSA) is 135 Å². The van der Waals surface area contributed by atoms with Crippen molar-refractivity contribution in [3.63, 3.8) is 0 Å². The summed E-state index contributed by atoms with van der Waals surface area (Å²) in [7, 11) is 0. The Labute approximate surface area is 157 Å². The number of carboxylic acids is 1. The van der Waals surface area contributed by atoms with E-state index in [1.54, 1.807) is 32.6 Å². The molecule has 2 rings (SSSR count). The number of amides is 2. The van der Waals surface area contributed by atoms with E-state index in [1.807, 2.05) is 0 Å². The van der Waals surface area contributed by atoms with Crippen LogP contribution < -0.4 is 5.32 Å². The lowest BCUT2D eigenvalue weighted by Gasteiger charge is -2.28. The highest BCUT2D eigenvalue weighted by molar-refractivity contribution is 5.89. The number of rotatable bonds is 8. The quantitative estimate of drug-likeness (QED) is 0.686. The molecule has 1 aromatic heterocycles. The Balaban J connectivity index is 2.05. The van der Waals surface area contributed by atoms with Crippen molar-refractivity contribution < 1.29 is 28.8 Å². The van der Waals surface area contributed by atoms with Gasteiger partial charge < -0.3 is 24.6 Å². The Morgan fingerprint density at radius 3 is 2.52 bits per heavy atom. The summed E-state index contributed by atoms with van der Waals surface area (Å²) in [5.74, 6) is -0.731. The van der Waals surface area contributed by atoms with Gasteiger partial charge >= 0.3 is 12.1 Å². The molecule has 1 atom stereocenters. The lowest BCUT2D eigenvalue weighted by molar-refractivity contribution is -0.142. The molecule has 0 aromatic carbocycles. The van der Waals surface area contributed by atoms with Crippen LogP contribution in [0.5, 0.6) is 0 Å². The lowest BCUT2D eigenvalue weighted by atomic mass is 10.1. The van der Waals surface area contributed by atoms with Crippen LogP contribution in [0.1, 0.15) is 51.7 Å². The zero-order chi connectivity index (χ0) is 20.2. The number of carbonyl (C=O) groups excluding carboxylic acids is 2. The van der Waals surface area contributed by atoms with E-state index >= 15 is 0 Å². The van der Waals surface area contributed by atoms with Crippen molar-refractivity contribution in [2.45, 2.75) is 71.1 Å². The number of aromatic nitrogens is 2. The molecular formula is C17H26N4O6. The molecule has 10 nitrogen and oxygen atoms in total. The summed E-state index contributed by atoms with van der Waals surface area (Å²) in [6, 6.07) is -1.17. The number of ether oxygens (including phenoxy) is 1. The second kappa shape index (κ2) is 8.36. The fraction of sp³-hybridized carbons (Fsp3) is 0.706. The van der Waals surface area contributed by atoms with Crippen LogP contribution in [0.2, 0.25) is 0 Å². The van der Waals surface area contributed by atoms with Gasteiger partial charge in [0.05, 0.1) is 6.42 Å². The molecule has 1 aliphatic rings. The van der Waals surface area contributed by atoms with Crippen LogP contribution in [0.4, 0.5) is 4.79 Å². The molecule has 1 aromatic rings. The number of alkyl carbamates (subject to hydrolysis) is 1.